The van der Waals surface area contributed by atoms with Crippen LogP contribution in [0.4, 0.5) is 5.69 Å². The molecule has 0 saturated carbocycles. The number of hydrogen-bond donors (Lipinski definition) is 2. The highest BCUT2D eigenvalue weighted by atomic mass is 127. The molecule has 0 radical (unpaired) electrons. The van der Waals surface area contributed by atoms with Crippen LogP contribution in [0, 0.1) is 0 Å². The van der Waals surface area contributed by atoms with Gasteiger partial charge in [-0.05, 0) is 24.4 Å². The van der Waals surface area contributed by atoms with E-state index in [2.05, 4.69) is 8.85 Å². The minimum absolute atomic E-state index is 0.622. The van der Waals surface area contributed by atoms with Gasteiger partial charge < -0.3 is 8.85 Å². The van der Waals surface area contributed by atoms with Crippen molar-refractivity contribution in [2.45, 2.75) is 0 Å². The van der Waals surface area contributed by atoms with E-state index in [1.54, 1.807) is 0 Å². The zero-order chi connectivity index (χ0) is 8.10. The maximum atomic E-state index is 4.91. The Bertz CT molecular complexity index is 237. The lowest BCUT2D eigenvalue weighted by Crippen LogP contribution is -2.18. The second-order valence-corrected chi connectivity index (χ2v) is 2.86. The summed E-state index contributed by atoms with van der Waals surface area (Å²) in [5.41, 5.74) is 1.00. The van der Waals surface area contributed by atoms with Crippen LogP contribution in [0.3, 0.4) is 0 Å². The van der Waals surface area contributed by atoms with Crippen LogP contribution in [0.25, 0.3) is 0 Å². The van der Waals surface area contributed by atoms with Gasteiger partial charge in [-0.15, -0.1) is 0 Å². The molecule has 11 heavy (non-hydrogen) atoms. The Morgan fingerprint density at radius 1 is 1.27 bits per heavy atom. The van der Waals surface area contributed by atoms with Crippen molar-refractivity contribution >= 4 is 45.9 Å². The Kier molecular flexibility index (Phi) is 3.58. The third-order valence-corrected chi connectivity index (χ3v) is 2.23. The Hall–Kier alpha value is -0.360. The molecular weight excluding hydrogens is 271 g/mol. The molecule has 2 nitrogen and oxygen atoms in total. The summed E-state index contributed by atoms with van der Waals surface area (Å²) in [5.74, 6) is 0. The van der Waals surface area contributed by atoms with E-state index in [0.717, 1.165) is 5.69 Å². The molecule has 0 aliphatic carbocycles. The maximum absolute atomic E-state index is 4.91. The van der Waals surface area contributed by atoms with Gasteiger partial charge in [-0.3, -0.25) is 0 Å². The van der Waals surface area contributed by atoms with Crippen LogP contribution in [0.15, 0.2) is 30.3 Å². The number of rotatable bonds is 1. The van der Waals surface area contributed by atoms with Crippen molar-refractivity contribution in [1.82, 2.24) is 3.53 Å². The van der Waals surface area contributed by atoms with Gasteiger partial charge in [0.2, 0.25) is 0 Å². The Morgan fingerprint density at radius 2 is 1.91 bits per heavy atom. The fourth-order valence-corrected chi connectivity index (χ4v) is 0.929. The highest BCUT2D eigenvalue weighted by Crippen LogP contribution is 2.04. The summed E-state index contributed by atoms with van der Waals surface area (Å²) in [6.07, 6.45) is 0. The Labute approximate surface area is 84.9 Å². The van der Waals surface area contributed by atoms with Crippen molar-refractivity contribution in [2.75, 3.05) is 5.32 Å². The van der Waals surface area contributed by atoms with E-state index in [0.29, 0.717) is 5.11 Å². The van der Waals surface area contributed by atoms with E-state index < -0.39 is 0 Å². The van der Waals surface area contributed by atoms with Crippen molar-refractivity contribution in [2.24, 2.45) is 0 Å². The van der Waals surface area contributed by atoms with Gasteiger partial charge in [0.05, 0.1) is 22.9 Å². The van der Waals surface area contributed by atoms with E-state index in [9.17, 15) is 0 Å². The van der Waals surface area contributed by atoms with E-state index in [1.807, 2.05) is 53.2 Å². The standard InChI is InChI=1S/C7H7IN2S/c8-10-7(11)9-6-4-2-1-3-5-6/h1-5H,(H2,9,10,11). The minimum Gasteiger partial charge on any atom is -0.332 e. The van der Waals surface area contributed by atoms with Gasteiger partial charge in [0.25, 0.3) is 0 Å². The summed E-state index contributed by atoms with van der Waals surface area (Å²) in [6, 6.07) is 9.79. The van der Waals surface area contributed by atoms with E-state index in [-0.39, 0.29) is 0 Å². The van der Waals surface area contributed by atoms with Crippen LogP contribution in [-0.4, -0.2) is 5.11 Å². The number of benzene rings is 1. The SMILES string of the molecule is S=C(NI)Nc1ccccc1. The van der Waals surface area contributed by atoms with Gasteiger partial charge in [-0.2, -0.15) is 0 Å². The second-order valence-electron chi connectivity index (χ2n) is 1.91. The molecule has 58 valence electrons. The third-order valence-electron chi connectivity index (χ3n) is 1.12. The highest BCUT2D eigenvalue weighted by Gasteiger charge is 1.91. The zero-order valence-electron chi connectivity index (χ0n) is 5.67. The average molecular weight is 278 g/mol. The van der Waals surface area contributed by atoms with E-state index in [4.69, 9.17) is 12.2 Å². The second kappa shape index (κ2) is 4.50. The summed E-state index contributed by atoms with van der Waals surface area (Å²) in [5, 5.41) is 3.63. The smallest absolute Gasteiger partial charge is 0.179 e. The predicted molar refractivity (Wildman–Crippen MR) is 59.8 cm³/mol. The van der Waals surface area contributed by atoms with Gasteiger partial charge in [0.1, 0.15) is 0 Å². The molecule has 0 saturated heterocycles. The zero-order valence-corrected chi connectivity index (χ0v) is 8.65. The molecular formula is C7H7IN2S. The largest absolute Gasteiger partial charge is 0.332 e. The van der Waals surface area contributed by atoms with Crippen LogP contribution < -0.4 is 8.85 Å². The summed E-state index contributed by atoms with van der Waals surface area (Å²) in [7, 11) is 0. The molecule has 0 aliphatic rings. The van der Waals surface area contributed by atoms with Crippen molar-refractivity contribution in [3.05, 3.63) is 30.3 Å². The average Bonchev–Trinajstić information content (AvgIpc) is 2.06. The lowest BCUT2D eigenvalue weighted by Gasteiger charge is -2.04. The summed E-state index contributed by atoms with van der Waals surface area (Å²) in [6.45, 7) is 0. The molecule has 1 aromatic rings. The summed E-state index contributed by atoms with van der Waals surface area (Å²) >= 11 is 6.89. The Balaban J connectivity index is 2.58. The normalized spacial score (nSPS) is 8.82. The Morgan fingerprint density at radius 3 is 2.45 bits per heavy atom. The quantitative estimate of drug-likeness (QED) is 0.468. The number of hydrogen-bond acceptors (Lipinski definition) is 1. The predicted octanol–water partition coefficient (Wildman–Crippen LogP) is 2.32. The number of nitrogens with one attached hydrogen (secondary N) is 2. The van der Waals surface area contributed by atoms with Gasteiger partial charge in [0, 0.05) is 5.69 Å². The van der Waals surface area contributed by atoms with Crippen molar-refractivity contribution < 1.29 is 0 Å². The van der Waals surface area contributed by atoms with Crippen molar-refractivity contribution in [1.29, 1.82) is 0 Å². The first-order valence-corrected chi connectivity index (χ1v) is 4.54. The molecule has 0 atom stereocenters. The lowest BCUT2D eigenvalue weighted by molar-refractivity contribution is 1.57. The van der Waals surface area contributed by atoms with Crippen LogP contribution in [0.5, 0.6) is 0 Å². The van der Waals surface area contributed by atoms with Crippen LogP contribution in [0.1, 0.15) is 0 Å². The summed E-state index contributed by atoms with van der Waals surface area (Å²) in [4.78, 5) is 0. The molecule has 2 N–H and O–H groups in total. The monoisotopic (exact) mass is 278 g/mol. The molecule has 0 amide bonds. The molecule has 0 unspecified atom stereocenters. The number of para-hydroxylation sites is 1. The first kappa shape index (κ1) is 8.73. The molecule has 0 fully saturated rings. The van der Waals surface area contributed by atoms with Crippen molar-refractivity contribution in [3.8, 4) is 0 Å². The molecule has 0 heterocycles. The molecule has 0 aliphatic heterocycles. The maximum Gasteiger partial charge on any atom is 0.179 e. The van der Waals surface area contributed by atoms with Crippen LogP contribution >= 0.6 is 35.1 Å². The minimum atomic E-state index is 0.622. The fraction of sp³-hybridized carbons (Fsp3) is 0. The van der Waals surface area contributed by atoms with Crippen LogP contribution in [0.2, 0.25) is 0 Å². The van der Waals surface area contributed by atoms with E-state index in [1.165, 1.54) is 0 Å². The first-order valence-electron chi connectivity index (χ1n) is 3.05. The first-order chi connectivity index (χ1) is 5.33. The molecule has 0 bridgehead atoms. The fourth-order valence-electron chi connectivity index (χ4n) is 0.676. The highest BCUT2D eigenvalue weighted by molar-refractivity contribution is 14.1. The topological polar surface area (TPSA) is 24.1 Å². The van der Waals surface area contributed by atoms with E-state index >= 15 is 0 Å². The summed E-state index contributed by atoms with van der Waals surface area (Å²) < 4.78 is 2.80. The van der Waals surface area contributed by atoms with Gasteiger partial charge in [-0.1, -0.05) is 18.2 Å². The molecule has 0 aromatic heterocycles. The third kappa shape index (κ3) is 3.02. The molecule has 1 aromatic carbocycles. The van der Waals surface area contributed by atoms with Gasteiger partial charge in [-0.25, -0.2) is 0 Å². The van der Waals surface area contributed by atoms with Crippen LogP contribution in [-0.2, 0) is 0 Å². The van der Waals surface area contributed by atoms with Gasteiger partial charge in [0.15, 0.2) is 5.11 Å². The molecule has 1 rings (SSSR count). The lowest BCUT2D eigenvalue weighted by atomic mass is 10.3. The number of thiocarbonyl (C=S) groups is 1. The number of anilines is 1. The number of halogens is 1. The molecule has 0 spiro atoms. The molecule has 4 heteroatoms. The van der Waals surface area contributed by atoms with Gasteiger partial charge >= 0.3 is 0 Å². The van der Waals surface area contributed by atoms with Crippen molar-refractivity contribution in [3.63, 3.8) is 0 Å².